The van der Waals surface area contributed by atoms with Gasteiger partial charge < -0.3 is 21.9 Å². The minimum absolute atomic E-state index is 0.171. The first-order valence-electron chi connectivity index (χ1n) is 7.60. The van der Waals surface area contributed by atoms with E-state index in [9.17, 15) is 14.9 Å². The molecule has 0 fully saturated rings. The highest BCUT2D eigenvalue weighted by atomic mass is 32.1. The number of non-ortho nitro benzene ring substituents is 1. The summed E-state index contributed by atoms with van der Waals surface area (Å²) in [5.41, 5.74) is 17.0. The molecule has 0 atom stereocenters. The van der Waals surface area contributed by atoms with E-state index >= 15 is 0 Å². The van der Waals surface area contributed by atoms with E-state index in [1.54, 1.807) is 13.8 Å². The third-order valence-electron chi connectivity index (χ3n) is 3.16. The van der Waals surface area contributed by atoms with Crippen LogP contribution in [0, 0.1) is 17.0 Å². The van der Waals surface area contributed by atoms with Gasteiger partial charge in [-0.25, -0.2) is 14.8 Å². The number of ether oxygens (including phenoxy) is 1. The van der Waals surface area contributed by atoms with E-state index in [1.807, 2.05) is 0 Å². The number of aromatic nitrogens is 1. The highest BCUT2D eigenvalue weighted by Gasteiger charge is 2.21. The number of benzene rings is 1. The van der Waals surface area contributed by atoms with Crippen LogP contribution in [0.15, 0.2) is 28.2 Å². The molecule has 27 heavy (non-hydrogen) atoms. The lowest BCUT2D eigenvalue weighted by Gasteiger charge is -2.03. The molecule has 0 aliphatic carbocycles. The first-order chi connectivity index (χ1) is 12.7. The lowest BCUT2D eigenvalue weighted by atomic mass is 10.1. The van der Waals surface area contributed by atoms with Crippen molar-refractivity contribution in [3.05, 3.63) is 38.9 Å². The van der Waals surface area contributed by atoms with Gasteiger partial charge in [-0.3, -0.25) is 10.1 Å². The van der Waals surface area contributed by atoms with Crippen LogP contribution >= 0.6 is 11.3 Å². The van der Waals surface area contributed by atoms with Crippen LogP contribution in [-0.2, 0) is 4.74 Å². The second-order valence-corrected chi connectivity index (χ2v) is 6.12. The van der Waals surface area contributed by atoms with Crippen molar-refractivity contribution in [1.82, 2.24) is 4.98 Å². The number of esters is 1. The molecule has 0 radical (unpaired) electrons. The molecular weight excluding hydrogens is 374 g/mol. The fourth-order valence-electron chi connectivity index (χ4n) is 2.08. The van der Waals surface area contributed by atoms with E-state index < -0.39 is 10.9 Å². The zero-order valence-corrected chi connectivity index (χ0v) is 15.3. The van der Waals surface area contributed by atoms with Gasteiger partial charge in [0.15, 0.2) is 5.96 Å². The predicted molar refractivity (Wildman–Crippen MR) is 102 cm³/mol. The summed E-state index contributed by atoms with van der Waals surface area (Å²) in [5, 5.41) is 11.5. The summed E-state index contributed by atoms with van der Waals surface area (Å²) in [7, 11) is 0. The zero-order valence-electron chi connectivity index (χ0n) is 14.5. The van der Waals surface area contributed by atoms with Crippen molar-refractivity contribution in [1.29, 1.82) is 0 Å². The SMILES string of the molecule is CCOC(=O)c1sc(-c2cc([N+](=O)[O-])ccc2N=C(N)N=C(N)N)nc1C. The van der Waals surface area contributed by atoms with Crippen LogP contribution in [0.4, 0.5) is 11.4 Å². The van der Waals surface area contributed by atoms with Crippen molar-refractivity contribution < 1.29 is 14.5 Å². The summed E-state index contributed by atoms with van der Waals surface area (Å²) in [5.74, 6) is -1.03. The van der Waals surface area contributed by atoms with Crippen LogP contribution in [0.1, 0.15) is 22.3 Å². The second-order valence-electron chi connectivity index (χ2n) is 5.12. The van der Waals surface area contributed by atoms with Gasteiger partial charge in [0.2, 0.25) is 5.96 Å². The van der Waals surface area contributed by atoms with Crippen LogP contribution in [0.5, 0.6) is 0 Å². The normalized spacial score (nSPS) is 11.1. The molecule has 0 aliphatic rings. The Labute approximate surface area is 157 Å². The smallest absolute Gasteiger partial charge is 0.350 e. The van der Waals surface area contributed by atoms with Gasteiger partial charge in [-0.1, -0.05) is 0 Å². The summed E-state index contributed by atoms with van der Waals surface area (Å²) in [4.78, 5) is 34.9. The molecule has 0 saturated heterocycles. The minimum atomic E-state index is -0.552. The molecule has 0 saturated carbocycles. The van der Waals surface area contributed by atoms with E-state index in [2.05, 4.69) is 15.0 Å². The van der Waals surface area contributed by atoms with Crippen molar-refractivity contribution in [3.63, 3.8) is 0 Å². The first-order valence-corrected chi connectivity index (χ1v) is 8.41. The molecule has 0 spiro atoms. The van der Waals surface area contributed by atoms with Gasteiger partial charge in [-0.05, 0) is 19.9 Å². The maximum atomic E-state index is 12.0. The second kappa shape index (κ2) is 8.23. The number of nitrogens with zero attached hydrogens (tertiary/aromatic N) is 4. The fraction of sp³-hybridized carbons (Fsp3) is 0.200. The summed E-state index contributed by atoms with van der Waals surface area (Å²) in [6.45, 7) is 3.54. The third kappa shape index (κ3) is 4.76. The van der Waals surface area contributed by atoms with Crippen molar-refractivity contribution >= 4 is 40.6 Å². The van der Waals surface area contributed by atoms with Crippen LogP contribution in [-0.4, -0.2) is 34.4 Å². The highest BCUT2D eigenvalue weighted by Crippen LogP contribution is 2.37. The number of nitrogens with two attached hydrogens (primary N) is 3. The molecule has 6 N–H and O–H groups in total. The highest BCUT2D eigenvalue weighted by molar-refractivity contribution is 7.17. The molecule has 12 heteroatoms. The molecular formula is C15H17N7O4S. The number of hydrogen-bond acceptors (Lipinski definition) is 7. The van der Waals surface area contributed by atoms with Gasteiger partial charge in [-0.15, -0.1) is 11.3 Å². The molecule has 142 valence electrons. The first kappa shape index (κ1) is 19.8. The summed E-state index contributed by atoms with van der Waals surface area (Å²) in [6, 6.07) is 3.94. The van der Waals surface area contributed by atoms with Gasteiger partial charge in [-0.2, -0.15) is 4.99 Å². The number of aryl methyl sites for hydroxylation is 1. The van der Waals surface area contributed by atoms with Crippen molar-refractivity contribution in [2.45, 2.75) is 13.8 Å². The molecule has 0 amide bonds. The number of nitro benzene ring substituents is 1. The van der Waals surface area contributed by atoms with Crippen molar-refractivity contribution in [2.75, 3.05) is 6.61 Å². The van der Waals surface area contributed by atoms with E-state index in [1.165, 1.54) is 18.2 Å². The quantitative estimate of drug-likeness (QED) is 0.224. The third-order valence-corrected chi connectivity index (χ3v) is 4.33. The molecule has 0 aliphatic heterocycles. The Balaban J connectivity index is 2.61. The number of rotatable bonds is 5. The van der Waals surface area contributed by atoms with Crippen molar-refractivity contribution in [2.24, 2.45) is 27.2 Å². The maximum absolute atomic E-state index is 12.0. The monoisotopic (exact) mass is 391 g/mol. The molecule has 2 rings (SSSR count). The molecule has 1 aromatic heterocycles. The molecule has 1 aromatic carbocycles. The Morgan fingerprint density at radius 1 is 1.37 bits per heavy atom. The number of carbonyl (C=O) groups excluding carboxylic acids is 1. The number of carbonyl (C=O) groups is 1. The lowest BCUT2D eigenvalue weighted by molar-refractivity contribution is -0.384. The summed E-state index contributed by atoms with van der Waals surface area (Å²) in [6.07, 6.45) is 0. The number of thiazole rings is 1. The summed E-state index contributed by atoms with van der Waals surface area (Å²) >= 11 is 1.03. The van der Waals surface area contributed by atoms with E-state index in [4.69, 9.17) is 21.9 Å². The van der Waals surface area contributed by atoms with Crippen LogP contribution in [0.3, 0.4) is 0 Å². The summed E-state index contributed by atoms with van der Waals surface area (Å²) < 4.78 is 4.99. The molecule has 0 bridgehead atoms. The number of guanidine groups is 2. The van der Waals surface area contributed by atoms with Crippen LogP contribution in [0.25, 0.3) is 10.6 Å². The van der Waals surface area contributed by atoms with Gasteiger partial charge in [0.05, 0.1) is 22.9 Å². The lowest BCUT2D eigenvalue weighted by Crippen LogP contribution is -2.26. The minimum Gasteiger partial charge on any atom is -0.462 e. The number of aliphatic imine (C=N–C) groups is 2. The van der Waals surface area contributed by atoms with E-state index in [0.29, 0.717) is 21.1 Å². The Hall–Kier alpha value is -3.54. The van der Waals surface area contributed by atoms with Crippen LogP contribution < -0.4 is 17.2 Å². The standard InChI is InChI=1S/C15H17N7O4S/c1-3-26-13(23)11-7(2)19-12(27-11)9-6-8(22(24)25)4-5-10(9)20-15(18)21-14(16)17/h4-6H,3H2,1-2H3,(H6,16,17,18,20,21). The number of hydrogen-bond donors (Lipinski definition) is 3. The van der Waals surface area contributed by atoms with Gasteiger partial charge >= 0.3 is 5.97 Å². The topological polar surface area (TPSA) is 185 Å². The average Bonchev–Trinajstić information content (AvgIpc) is 2.96. The van der Waals surface area contributed by atoms with Crippen molar-refractivity contribution in [3.8, 4) is 10.6 Å². The number of nitro groups is 1. The Kier molecular flexibility index (Phi) is 6.03. The Bertz CT molecular complexity index is 948. The van der Waals surface area contributed by atoms with Gasteiger partial charge in [0.1, 0.15) is 9.88 Å². The maximum Gasteiger partial charge on any atom is 0.350 e. The average molecular weight is 391 g/mol. The zero-order chi connectivity index (χ0) is 20.1. The fourth-order valence-corrected chi connectivity index (χ4v) is 3.07. The molecule has 2 aromatic rings. The van der Waals surface area contributed by atoms with E-state index in [0.717, 1.165) is 11.3 Å². The predicted octanol–water partition coefficient (Wildman–Crippen LogP) is 1.42. The molecule has 1 heterocycles. The molecule has 0 unspecified atom stereocenters. The van der Waals surface area contributed by atoms with Gasteiger partial charge in [0, 0.05) is 17.7 Å². The van der Waals surface area contributed by atoms with Gasteiger partial charge in [0.25, 0.3) is 5.69 Å². The van der Waals surface area contributed by atoms with E-state index in [-0.39, 0.29) is 29.9 Å². The Morgan fingerprint density at radius 3 is 2.67 bits per heavy atom. The Morgan fingerprint density at radius 2 is 2.07 bits per heavy atom. The molecule has 11 nitrogen and oxygen atoms in total. The van der Waals surface area contributed by atoms with Crippen LogP contribution in [0.2, 0.25) is 0 Å². The largest absolute Gasteiger partial charge is 0.462 e.